The number of aromatic nitrogens is 2. The first-order valence-corrected chi connectivity index (χ1v) is 10.8. The number of nitrogens with one attached hydrogen (secondary N) is 2. The van der Waals surface area contributed by atoms with Crippen molar-refractivity contribution >= 4 is 46.3 Å². The topological polar surface area (TPSA) is 87.2 Å². The molecular formula is C21H19ClFN5O2S. The molecule has 3 aromatic rings. The van der Waals surface area contributed by atoms with E-state index in [1.807, 2.05) is 13.0 Å². The highest BCUT2D eigenvalue weighted by Gasteiger charge is 2.33. The van der Waals surface area contributed by atoms with Gasteiger partial charge in [-0.25, -0.2) is 9.18 Å². The zero-order valence-electron chi connectivity index (χ0n) is 16.6. The summed E-state index contributed by atoms with van der Waals surface area (Å²) in [4.78, 5) is 27.0. The van der Waals surface area contributed by atoms with Crippen molar-refractivity contribution in [2.24, 2.45) is 0 Å². The number of rotatable bonds is 4. The Morgan fingerprint density at radius 2 is 1.87 bits per heavy atom. The fourth-order valence-electron chi connectivity index (χ4n) is 3.31. The van der Waals surface area contributed by atoms with Crippen molar-refractivity contribution in [1.82, 2.24) is 15.1 Å². The van der Waals surface area contributed by atoms with Crippen LogP contribution in [0.25, 0.3) is 0 Å². The number of carbonyl (C=O) groups excluding carboxylic acids is 2. The second-order valence-corrected chi connectivity index (χ2v) is 8.57. The van der Waals surface area contributed by atoms with Crippen LogP contribution in [0.3, 0.4) is 0 Å². The third-order valence-corrected chi connectivity index (χ3v) is 6.39. The van der Waals surface area contributed by atoms with E-state index in [1.54, 1.807) is 17.0 Å². The van der Waals surface area contributed by atoms with Crippen molar-refractivity contribution in [1.29, 1.82) is 0 Å². The zero-order chi connectivity index (χ0) is 22.0. The molecule has 2 N–H and O–H groups in total. The van der Waals surface area contributed by atoms with Gasteiger partial charge in [-0.3, -0.25) is 4.79 Å². The van der Waals surface area contributed by atoms with Crippen LogP contribution in [0.4, 0.5) is 20.6 Å². The van der Waals surface area contributed by atoms with Crippen LogP contribution in [-0.4, -0.2) is 33.6 Å². The number of urea groups is 1. The number of benzene rings is 2. The molecule has 1 fully saturated rings. The molecule has 3 amide bonds. The Morgan fingerprint density at radius 1 is 1.13 bits per heavy atom. The summed E-state index contributed by atoms with van der Waals surface area (Å²) >= 11 is 7.28. The number of hydrogen-bond acceptors (Lipinski definition) is 5. The average molecular weight is 460 g/mol. The quantitative estimate of drug-likeness (QED) is 0.557. The maximum Gasteiger partial charge on any atom is 0.322 e. The Morgan fingerprint density at radius 3 is 2.61 bits per heavy atom. The first kappa shape index (κ1) is 21.2. The first-order valence-electron chi connectivity index (χ1n) is 9.65. The van der Waals surface area contributed by atoms with Crippen molar-refractivity contribution in [3.8, 4) is 0 Å². The lowest BCUT2D eigenvalue weighted by Gasteiger charge is -2.23. The van der Waals surface area contributed by atoms with Gasteiger partial charge in [0.2, 0.25) is 5.01 Å². The number of nitrogens with zero attached hydrogens (tertiary/aromatic N) is 3. The normalized spacial score (nSPS) is 15.7. The summed E-state index contributed by atoms with van der Waals surface area (Å²) in [7, 11) is 0. The van der Waals surface area contributed by atoms with E-state index in [2.05, 4.69) is 20.8 Å². The average Bonchev–Trinajstić information content (AvgIpc) is 3.42. The van der Waals surface area contributed by atoms with E-state index in [0.29, 0.717) is 27.9 Å². The van der Waals surface area contributed by atoms with Gasteiger partial charge in [-0.2, -0.15) is 0 Å². The molecule has 10 heteroatoms. The molecule has 1 aromatic heterocycles. The van der Waals surface area contributed by atoms with Gasteiger partial charge >= 0.3 is 6.03 Å². The molecule has 0 radical (unpaired) electrons. The zero-order valence-corrected chi connectivity index (χ0v) is 18.1. The molecule has 1 saturated heterocycles. The van der Waals surface area contributed by atoms with Crippen LogP contribution in [-0.2, 0) is 0 Å². The lowest BCUT2D eigenvalue weighted by atomic mass is 10.2. The van der Waals surface area contributed by atoms with E-state index < -0.39 is 5.91 Å². The van der Waals surface area contributed by atoms with E-state index >= 15 is 0 Å². The number of likely N-dealkylation sites (tertiary alicyclic amines) is 1. The fraction of sp³-hybridized carbons (Fsp3) is 0.238. The van der Waals surface area contributed by atoms with Crippen LogP contribution in [0, 0.1) is 12.7 Å². The standard InChI is InChI=1S/C21H19ClFN5O2S/c1-12-4-7-15(11-16(12)22)25-21(30)28-10-2-3-17(28)19-26-27-20(31-19)18(29)24-14-8-5-13(23)6-9-14/h4-9,11,17H,2-3,10H2,1H3,(H,24,29)(H,25,30). The smallest absolute Gasteiger partial charge is 0.320 e. The van der Waals surface area contributed by atoms with Crippen molar-refractivity contribution < 1.29 is 14.0 Å². The predicted octanol–water partition coefficient (Wildman–Crippen LogP) is 5.26. The van der Waals surface area contributed by atoms with Crippen LogP contribution < -0.4 is 10.6 Å². The molecule has 1 aliphatic heterocycles. The van der Waals surface area contributed by atoms with Gasteiger partial charge in [0.1, 0.15) is 10.8 Å². The lowest BCUT2D eigenvalue weighted by Crippen LogP contribution is -2.34. The van der Waals surface area contributed by atoms with Crippen LogP contribution >= 0.6 is 22.9 Å². The highest BCUT2D eigenvalue weighted by Crippen LogP contribution is 2.34. The van der Waals surface area contributed by atoms with E-state index in [9.17, 15) is 14.0 Å². The minimum Gasteiger partial charge on any atom is -0.320 e. The van der Waals surface area contributed by atoms with E-state index in [4.69, 9.17) is 11.6 Å². The molecule has 1 atom stereocenters. The van der Waals surface area contributed by atoms with Gasteiger partial charge in [-0.1, -0.05) is 29.0 Å². The monoisotopic (exact) mass is 459 g/mol. The maximum absolute atomic E-state index is 13.0. The second kappa shape index (κ2) is 8.99. The summed E-state index contributed by atoms with van der Waals surface area (Å²) in [5.74, 6) is -0.817. The summed E-state index contributed by atoms with van der Waals surface area (Å²) < 4.78 is 13.0. The van der Waals surface area contributed by atoms with Gasteiger partial charge in [-0.15, -0.1) is 10.2 Å². The van der Waals surface area contributed by atoms with Crippen LogP contribution in [0.15, 0.2) is 42.5 Å². The van der Waals surface area contributed by atoms with Gasteiger partial charge in [0.05, 0.1) is 6.04 Å². The van der Waals surface area contributed by atoms with Crippen molar-refractivity contribution in [3.05, 3.63) is 68.9 Å². The molecule has 2 heterocycles. The summed E-state index contributed by atoms with van der Waals surface area (Å²) in [6.45, 7) is 2.47. The molecule has 0 bridgehead atoms. The van der Waals surface area contributed by atoms with Crippen LogP contribution in [0.2, 0.25) is 5.02 Å². The first-order chi connectivity index (χ1) is 14.9. The molecule has 7 nitrogen and oxygen atoms in total. The maximum atomic E-state index is 13.0. The Balaban J connectivity index is 1.44. The van der Waals surface area contributed by atoms with Gasteiger partial charge in [0.25, 0.3) is 5.91 Å². The Kier molecular flexibility index (Phi) is 6.15. The van der Waals surface area contributed by atoms with Gasteiger partial charge in [0.15, 0.2) is 0 Å². The Bertz CT molecular complexity index is 1120. The van der Waals surface area contributed by atoms with Crippen molar-refractivity contribution in [2.45, 2.75) is 25.8 Å². The van der Waals surface area contributed by atoms with Gasteiger partial charge in [0, 0.05) is 22.9 Å². The van der Waals surface area contributed by atoms with E-state index in [0.717, 1.165) is 29.7 Å². The van der Waals surface area contributed by atoms with Crippen molar-refractivity contribution in [2.75, 3.05) is 17.2 Å². The molecule has 4 rings (SSSR count). The third-order valence-electron chi connectivity index (χ3n) is 4.96. The molecule has 160 valence electrons. The SMILES string of the molecule is Cc1ccc(NC(=O)N2CCCC2c2nnc(C(=O)Nc3ccc(F)cc3)s2)cc1Cl. The molecule has 0 saturated carbocycles. The summed E-state index contributed by atoms with van der Waals surface area (Å²) in [5.41, 5.74) is 2.00. The fourth-order valence-corrected chi connectivity index (χ4v) is 4.38. The van der Waals surface area contributed by atoms with Gasteiger partial charge in [-0.05, 0) is 61.7 Å². The minimum absolute atomic E-state index is 0.178. The molecule has 0 spiro atoms. The number of carbonyl (C=O) groups is 2. The largest absolute Gasteiger partial charge is 0.322 e. The third kappa shape index (κ3) is 4.83. The number of anilines is 2. The van der Waals surface area contributed by atoms with E-state index in [-0.39, 0.29) is 22.9 Å². The lowest BCUT2D eigenvalue weighted by molar-refractivity contribution is 0.102. The molecule has 0 aliphatic carbocycles. The number of aryl methyl sites for hydroxylation is 1. The number of halogens is 2. The van der Waals surface area contributed by atoms with E-state index in [1.165, 1.54) is 24.3 Å². The number of hydrogen-bond donors (Lipinski definition) is 2. The Labute approximate surface area is 187 Å². The van der Waals surface area contributed by atoms with Crippen LogP contribution in [0.5, 0.6) is 0 Å². The van der Waals surface area contributed by atoms with Crippen molar-refractivity contribution in [3.63, 3.8) is 0 Å². The summed E-state index contributed by atoms with van der Waals surface area (Å²) in [6, 6.07) is 10.3. The second-order valence-electron chi connectivity index (χ2n) is 7.15. The van der Waals surface area contributed by atoms with Gasteiger partial charge < -0.3 is 15.5 Å². The minimum atomic E-state index is -0.432. The Hall–Kier alpha value is -3.04. The molecule has 2 aromatic carbocycles. The highest BCUT2D eigenvalue weighted by molar-refractivity contribution is 7.13. The molecule has 1 unspecified atom stereocenters. The highest BCUT2D eigenvalue weighted by atomic mass is 35.5. The van der Waals surface area contributed by atoms with Crippen LogP contribution in [0.1, 0.15) is 39.3 Å². The molecule has 1 aliphatic rings. The summed E-state index contributed by atoms with van der Waals surface area (Å²) in [6.07, 6.45) is 1.56. The molecule has 31 heavy (non-hydrogen) atoms. The summed E-state index contributed by atoms with van der Waals surface area (Å²) in [5, 5.41) is 15.0. The molecular weight excluding hydrogens is 441 g/mol. The number of amides is 3. The predicted molar refractivity (Wildman–Crippen MR) is 118 cm³/mol.